The Morgan fingerprint density at radius 2 is 1.79 bits per heavy atom. The van der Waals surface area contributed by atoms with Gasteiger partial charge in [-0.15, -0.1) is 0 Å². The standard InChI is InChI=1S/C18H16F2N4O4/c19-12-3-1-11(2-4-12)9-23-15(25)13-14(22-7-6-21-13)16(26)24-8-5-18(20,10-24)17(27)28/h1-4,6-7H,5,8-10H2,(H,23,25)(H,27,28). The summed E-state index contributed by atoms with van der Waals surface area (Å²) in [5.41, 5.74) is -2.45. The fourth-order valence-electron chi connectivity index (χ4n) is 2.80. The van der Waals surface area contributed by atoms with Crippen molar-refractivity contribution >= 4 is 17.8 Å². The second-order valence-corrected chi connectivity index (χ2v) is 6.31. The van der Waals surface area contributed by atoms with Gasteiger partial charge in [-0.3, -0.25) is 9.59 Å². The van der Waals surface area contributed by atoms with Gasteiger partial charge in [-0.05, 0) is 17.7 Å². The number of benzene rings is 1. The summed E-state index contributed by atoms with van der Waals surface area (Å²) in [6.07, 6.45) is 2.09. The van der Waals surface area contributed by atoms with Crippen molar-refractivity contribution in [2.45, 2.75) is 18.6 Å². The Bertz CT molecular complexity index is 922. The number of hydrogen-bond donors (Lipinski definition) is 2. The van der Waals surface area contributed by atoms with Gasteiger partial charge < -0.3 is 15.3 Å². The van der Waals surface area contributed by atoms with Gasteiger partial charge in [0.05, 0.1) is 6.54 Å². The van der Waals surface area contributed by atoms with Crippen molar-refractivity contribution in [1.29, 1.82) is 0 Å². The molecule has 0 saturated carbocycles. The van der Waals surface area contributed by atoms with Crippen molar-refractivity contribution in [3.8, 4) is 0 Å². The van der Waals surface area contributed by atoms with E-state index in [4.69, 9.17) is 5.11 Å². The number of amides is 2. The predicted octanol–water partition coefficient (Wildman–Crippen LogP) is 1.18. The molecule has 1 aromatic heterocycles. The van der Waals surface area contributed by atoms with Crippen LogP contribution >= 0.6 is 0 Å². The summed E-state index contributed by atoms with van der Waals surface area (Å²) in [6.45, 7) is -0.678. The van der Waals surface area contributed by atoms with Crippen LogP contribution in [0.15, 0.2) is 36.7 Å². The van der Waals surface area contributed by atoms with Crippen LogP contribution in [0, 0.1) is 5.82 Å². The van der Waals surface area contributed by atoms with E-state index in [1.165, 1.54) is 36.7 Å². The van der Waals surface area contributed by atoms with Gasteiger partial charge in [0.25, 0.3) is 11.8 Å². The minimum Gasteiger partial charge on any atom is -0.479 e. The first-order chi connectivity index (χ1) is 13.3. The maximum absolute atomic E-state index is 14.2. The fourth-order valence-corrected chi connectivity index (χ4v) is 2.80. The summed E-state index contributed by atoms with van der Waals surface area (Å²) in [4.78, 5) is 44.8. The van der Waals surface area contributed by atoms with E-state index in [1.807, 2.05) is 0 Å². The van der Waals surface area contributed by atoms with Gasteiger partial charge in [-0.2, -0.15) is 0 Å². The number of halogens is 2. The minimum atomic E-state index is -2.52. The van der Waals surface area contributed by atoms with Gasteiger partial charge in [0, 0.05) is 31.9 Å². The predicted molar refractivity (Wildman–Crippen MR) is 91.6 cm³/mol. The molecule has 1 atom stereocenters. The smallest absolute Gasteiger partial charge is 0.343 e. The molecule has 3 rings (SSSR count). The van der Waals surface area contributed by atoms with Crippen LogP contribution in [-0.2, 0) is 11.3 Å². The van der Waals surface area contributed by atoms with Crippen LogP contribution in [-0.4, -0.2) is 56.5 Å². The lowest BCUT2D eigenvalue weighted by Gasteiger charge is -2.18. The van der Waals surface area contributed by atoms with Gasteiger partial charge in [-0.25, -0.2) is 23.5 Å². The lowest BCUT2D eigenvalue weighted by molar-refractivity contribution is -0.149. The van der Waals surface area contributed by atoms with Gasteiger partial charge >= 0.3 is 5.97 Å². The number of carbonyl (C=O) groups is 3. The summed E-state index contributed by atoms with van der Waals surface area (Å²) < 4.78 is 27.2. The second kappa shape index (κ2) is 7.67. The largest absolute Gasteiger partial charge is 0.479 e. The molecule has 0 spiro atoms. The van der Waals surface area contributed by atoms with E-state index < -0.39 is 35.8 Å². The number of rotatable bonds is 5. The first-order valence-corrected chi connectivity index (χ1v) is 8.35. The molecule has 28 heavy (non-hydrogen) atoms. The maximum Gasteiger partial charge on any atom is 0.343 e. The highest BCUT2D eigenvalue weighted by atomic mass is 19.1. The maximum atomic E-state index is 14.2. The van der Waals surface area contributed by atoms with Crippen LogP contribution in [0.1, 0.15) is 33.0 Å². The van der Waals surface area contributed by atoms with Crippen molar-refractivity contribution < 1.29 is 28.3 Å². The van der Waals surface area contributed by atoms with Gasteiger partial charge in [-0.1, -0.05) is 12.1 Å². The monoisotopic (exact) mass is 390 g/mol. The zero-order valence-electron chi connectivity index (χ0n) is 14.6. The molecular weight excluding hydrogens is 374 g/mol. The lowest BCUT2D eigenvalue weighted by atomic mass is 10.1. The van der Waals surface area contributed by atoms with Crippen molar-refractivity contribution in [3.63, 3.8) is 0 Å². The van der Waals surface area contributed by atoms with Crippen molar-refractivity contribution in [2.75, 3.05) is 13.1 Å². The second-order valence-electron chi connectivity index (χ2n) is 6.31. The summed E-state index contributed by atoms with van der Waals surface area (Å²) in [7, 11) is 0. The zero-order valence-corrected chi connectivity index (χ0v) is 14.6. The van der Waals surface area contributed by atoms with Crippen LogP contribution in [0.4, 0.5) is 8.78 Å². The molecule has 1 saturated heterocycles. The number of carboxylic acids is 1. The van der Waals surface area contributed by atoms with Crippen LogP contribution in [0.3, 0.4) is 0 Å². The van der Waals surface area contributed by atoms with Gasteiger partial charge in [0.1, 0.15) is 5.82 Å². The van der Waals surface area contributed by atoms with Crippen molar-refractivity contribution in [3.05, 3.63) is 59.4 Å². The number of nitrogens with zero attached hydrogens (tertiary/aromatic N) is 3. The fraction of sp³-hybridized carbons (Fsp3) is 0.278. The Balaban J connectivity index is 1.73. The first-order valence-electron chi connectivity index (χ1n) is 8.35. The molecule has 146 valence electrons. The third-order valence-corrected chi connectivity index (χ3v) is 4.37. The van der Waals surface area contributed by atoms with E-state index in [-0.39, 0.29) is 30.9 Å². The SMILES string of the molecule is O=C(NCc1ccc(F)cc1)c1nccnc1C(=O)N1CCC(F)(C(=O)O)C1. The highest BCUT2D eigenvalue weighted by Gasteiger charge is 2.47. The molecule has 8 nitrogen and oxygen atoms in total. The average Bonchev–Trinajstić information content (AvgIpc) is 3.10. The van der Waals surface area contributed by atoms with E-state index in [0.29, 0.717) is 5.56 Å². The average molecular weight is 390 g/mol. The number of hydrogen-bond acceptors (Lipinski definition) is 5. The minimum absolute atomic E-state index is 0.0691. The Labute approximate surface area is 158 Å². The molecule has 2 N–H and O–H groups in total. The molecule has 1 aromatic carbocycles. The number of alkyl halides is 1. The summed E-state index contributed by atoms with van der Waals surface area (Å²) in [5.74, 6) is -3.52. The van der Waals surface area contributed by atoms with E-state index in [2.05, 4.69) is 15.3 Å². The summed E-state index contributed by atoms with van der Waals surface area (Å²) in [5, 5.41) is 11.5. The molecule has 2 aromatic rings. The van der Waals surface area contributed by atoms with Crippen molar-refractivity contribution in [2.24, 2.45) is 0 Å². The van der Waals surface area contributed by atoms with E-state index in [1.54, 1.807) is 0 Å². The molecule has 1 aliphatic heterocycles. The van der Waals surface area contributed by atoms with Gasteiger partial charge in [0.2, 0.25) is 5.67 Å². The molecule has 1 fully saturated rings. The summed E-state index contributed by atoms with van der Waals surface area (Å²) in [6, 6.07) is 5.49. The molecule has 0 aliphatic carbocycles. The van der Waals surface area contributed by atoms with Crippen LogP contribution in [0.5, 0.6) is 0 Å². The highest BCUT2D eigenvalue weighted by molar-refractivity contribution is 6.04. The number of nitrogens with one attached hydrogen (secondary N) is 1. The molecule has 1 unspecified atom stereocenters. The molecule has 0 bridgehead atoms. The Hall–Kier alpha value is -3.43. The molecule has 2 amide bonds. The normalized spacial score (nSPS) is 18.7. The number of carboxylic acid groups (broad SMARTS) is 1. The first kappa shape index (κ1) is 19.3. The van der Waals surface area contributed by atoms with Crippen LogP contribution in [0.25, 0.3) is 0 Å². The molecule has 0 radical (unpaired) electrons. The number of aliphatic carboxylic acids is 1. The topological polar surface area (TPSA) is 112 Å². The highest BCUT2D eigenvalue weighted by Crippen LogP contribution is 2.27. The quantitative estimate of drug-likeness (QED) is 0.793. The van der Waals surface area contributed by atoms with Crippen molar-refractivity contribution in [1.82, 2.24) is 20.2 Å². The van der Waals surface area contributed by atoms with E-state index in [9.17, 15) is 23.2 Å². The molecule has 10 heteroatoms. The molecular formula is C18H16F2N4O4. The Kier molecular flexibility index (Phi) is 5.30. The van der Waals surface area contributed by atoms with Crippen LogP contribution < -0.4 is 5.32 Å². The zero-order chi connectivity index (χ0) is 20.3. The van der Waals surface area contributed by atoms with E-state index >= 15 is 0 Å². The molecule has 2 heterocycles. The number of carbonyl (C=O) groups excluding carboxylic acids is 2. The Morgan fingerprint density at radius 3 is 2.39 bits per heavy atom. The van der Waals surface area contributed by atoms with Gasteiger partial charge in [0.15, 0.2) is 11.4 Å². The number of likely N-dealkylation sites (tertiary alicyclic amines) is 1. The third kappa shape index (κ3) is 3.95. The van der Waals surface area contributed by atoms with Crippen LogP contribution in [0.2, 0.25) is 0 Å². The third-order valence-electron chi connectivity index (χ3n) is 4.37. The Morgan fingerprint density at radius 1 is 1.14 bits per heavy atom. The number of aromatic nitrogens is 2. The molecule has 1 aliphatic rings. The van der Waals surface area contributed by atoms with E-state index in [0.717, 1.165) is 4.90 Å². The lowest BCUT2D eigenvalue weighted by Crippen LogP contribution is -2.40. The summed E-state index contributed by atoms with van der Waals surface area (Å²) >= 11 is 0.